The molecule has 1 N–H and O–H groups in total. The summed E-state index contributed by atoms with van der Waals surface area (Å²) in [6.45, 7) is 3.18. The van der Waals surface area contributed by atoms with Gasteiger partial charge in [0, 0.05) is 16.1 Å². The number of carbonyl (C=O) groups excluding carboxylic acids is 2. The van der Waals surface area contributed by atoms with Crippen LogP contribution in [0.1, 0.15) is 33.4 Å². The summed E-state index contributed by atoms with van der Waals surface area (Å²) in [6, 6.07) is 13.7. The van der Waals surface area contributed by atoms with Gasteiger partial charge in [0.2, 0.25) is 0 Å². The number of hydrogen-bond acceptors (Lipinski definition) is 4. The molecule has 0 spiro atoms. The highest BCUT2D eigenvalue weighted by Gasteiger charge is 2.18. The Balaban J connectivity index is 1.90. The molecule has 6 heteroatoms. The molecule has 5 nitrogen and oxygen atoms in total. The van der Waals surface area contributed by atoms with Gasteiger partial charge in [-0.2, -0.15) is 0 Å². The van der Waals surface area contributed by atoms with Gasteiger partial charge >= 0.3 is 0 Å². The highest BCUT2D eigenvalue weighted by molar-refractivity contribution is 6.30. The van der Waals surface area contributed by atoms with Gasteiger partial charge < -0.3 is 14.5 Å². The standard InChI is InChI=1S/C21H18ClNO4/c1-12(24)15-6-9-19(26-3)18(10-15)23-21(25)17-11-20(27-13(17)2)14-4-7-16(22)8-5-14/h4-11H,1-3H3,(H,23,25). The van der Waals surface area contributed by atoms with Gasteiger partial charge in [0.05, 0.1) is 18.4 Å². The monoisotopic (exact) mass is 383 g/mol. The normalized spacial score (nSPS) is 10.5. The third kappa shape index (κ3) is 4.04. The van der Waals surface area contributed by atoms with Crippen molar-refractivity contribution in [2.75, 3.05) is 12.4 Å². The molecule has 3 rings (SSSR count). The molecular weight excluding hydrogens is 366 g/mol. The van der Waals surface area contributed by atoms with Crippen molar-refractivity contribution in [3.8, 4) is 17.1 Å². The van der Waals surface area contributed by atoms with Gasteiger partial charge in [-0.1, -0.05) is 11.6 Å². The Morgan fingerprint density at radius 1 is 1.07 bits per heavy atom. The van der Waals surface area contributed by atoms with E-state index in [0.29, 0.717) is 39.1 Å². The maximum Gasteiger partial charge on any atom is 0.259 e. The molecule has 0 aliphatic heterocycles. The Morgan fingerprint density at radius 3 is 2.41 bits per heavy atom. The van der Waals surface area contributed by atoms with Gasteiger partial charge in [0.15, 0.2) is 5.78 Å². The molecule has 138 valence electrons. The van der Waals surface area contributed by atoms with E-state index in [0.717, 1.165) is 5.56 Å². The first-order valence-corrected chi connectivity index (χ1v) is 8.63. The van der Waals surface area contributed by atoms with E-state index < -0.39 is 0 Å². The minimum atomic E-state index is -0.351. The zero-order chi connectivity index (χ0) is 19.6. The molecule has 1 amide bonds. The fourth-order valence-electron chi connectivity index (χ4n) is 2.68. The van der Waals surface area contributed by atoms with E-state index in [9.17, 15) is 9.59 Å². The summed E-state index contributed by atoms with van der Waals surface area (Å²) in [7, 11) is 1.50. The quantitative estimate of drug-likeness (QED) is 0.601. The van der Waals surface area contributed by atoms with Gasteiger partial charge in [-0.25, -0.2) is 0 Å². The predicted molar refractivity (Wildman–Crippen MR) is 105 cm³/mol. The molecule has 0 fully saturated rings. The lowest BCUT2D eigenvalue weighted by Gasteiger charge is -2.11. The van der Waals surface area contributed by atoms with Gasteiger partial charge in [-0.3, -0.25) is 9.59 Å². The van der Waals surface area contributed by atoms with Crippen molar-refractivity contribution in [2.45, 2.75) is 13.8 Å². The lowest BCUT2D eigenvalue weighted by atomic mass is 10.1. The molecule has 0 unspecified atom stereocenters. The molecule has 3 aromatic rings. The van der Waals surface area contributed by atoms with E-state index in [1.165, 1.54) is 14.0 Å². The zero-order valence-electron chi connectivity index (χ0n) is 15.1. The van der Waals surface area contributed by atoms with Crippen LogP contribution >= 0.6 is 11.6 Å². The molecule has 1 heterocycles. The SMILES string of the molecule is COc1ccc(C(C)=O)cc1NC(=O)c1cc(-c2ccc(Cl)cc2)oc1C. The van der Waals surface area contributed by atoms with Crippen LogP contribution < -0.4 is 10.1 Å². The molecule has 27 heavy (non-hydrogen) atoms. The van der Waals surface area contributed by atoms with Crippen LogP contribution in [0.5, 0.6) is 5.75 Å². The third-order valence-electron chi connectivity index (χ3n) is 4.15. The first kappa shape index (κ1) is 18.7. The maximum absolute atomic E-state index is 12.8. The fraction of sp³-hybridized carbons (Fsp3) is 0.143. The van der Waals surface area contributed by atoms with Crippen LogP contribution in [0.3, 0.4) is 0 Å². The molecule has 0 atom stereocenters. The third-order valence-corrected chi connectivity index (χ3v) is 4.40. The average Bonchev–Trinajstić information content (AvgIpc) is 3.04. The minimum Gasteiger partial charge on any atom is -0.495 e. The average molecular weight is 384 g/mol. The van der Waals surface area contributed by atoms with E-state index in [2.05, 4.69) is 5.32 Å². The van der Waals surface area contributed by atoms with E-state index >= 15 is 0 Å². The van der Waals surface area contributed by atoms with Crippen molar-refractivity contribution >= 4 is 29.0 Å². The van der Waals surface area contributed by atoms with Crippen LogP contribution in [0.4, 0.5) is 5.69 Å². The molecule has 0 aliphatic carbocycles. The van der Waals surface area contributed by atoms with Gasteiger partial charge in [0.25, 0.3) is 5.91 Å². The number of halogens is 1. The summed E-state index contributed by atoms with van der Waals surface area (Å²) < 4.78 is 11.0. The van der Waals surface area contributed by atoms with Crippen LogP contribution in [0.2, 0.25) is 5.02 Å². The van der Waals surface area contributed by atoms with E-state index in [1.54, 1.807) is 43.3 Å². The minimum absolute atomic E-state index is 0.0994. The number of Topliss-reactive ketones (excluding diaryl/α,β-unsaturated/α-hetero) is 1. The number of ketones is 1. The second kappa shape index (κ2) is 7.68. The Labute approximate surface area is 161 Å². The van der Waals surface area contributed by atoms with Crippen molar-refractivity contribution in [3.63, 3.8) is 0 Å². The van der Waals surface area contributed by atoms with E-state index in [4.69, 9.17) is 20.8 Å². The second-order valence-electron chi connectivity index (χ2n) is 6.01. The molecular formula is C21H18ClNO4. The van der Waals surface area contributed by atoms with E-state index in [-0.39, 0.29) is 11.7 Å². The van der Waals surface area contributed by atoms with Gasteiger partial charge in [-0.15, -0.1) is 0 Å². The lowest BCUT2D eigenvalue weighted by Crippen LogP contribution is -2.13. The molecule has 2 aromatic carbocycles. The number of methoxy groups -OCH3 is 1. The summed E-state index contributed by atoms with van der Waals surface area (Å²) >= 11 is 5.91. The fourth-order valence-corrected chi connectivity index (χ4v) is 2.80. The zero-order valence-corrected chi connectivity index (χ0v) is 15.9. The van der Waals surface area contributed by atoms with Gasteiger partial charge in [-0.05, 0) is 62.4 Å². The van der Waals surface area contributed by atoms with E-state index in [1.807, 2.05) is 12.1 Å². The Morgan fingerprint density at radius 2 is 1.78 bits per heavy atom. The van der Waals surface area contributed by atoms with Crippen LogP contribution in [0.15, 0.2) is 52.9 Å². The Kier molecular flexibility index (Phi) is 5.33. The Hall–Kier alpha value is -3.05. The first-order chi connectivity index (χ1) is 12.9. The van der Waals surface area contributed by atoms with Crippen LogP contribution in [0, 0.1) is 6.92 Å². The molecule has 0 bridgehead atoms. The molecule has 0 saturated heterocycles. The summed E-state index contributed by atoms with van der Waals surface area (Å²) in [5.74, 6) is 1.07. The number of carbonyl (C=O) groups is 2. The van der Waals surface area contributed by atoms with Crippen molar-refractivity contribution in [1.82, 2.24) is 0 Å². The maximum atomic E-state index is 12.8. The lowest BCUT2D eigenvalue weighted by molar-refractivity contribution is 0.101. The van der Waals surface area contributed by atoms with Crippen LogP contribution in [-0.2, 0) is 0 Å². The molecule has 0 aliphatic rings. The van der Waals surface area contributed by atoms with Crippen LogP contribution in [-0.4, -0.2) is 18.8 Å². The summed E-state index contributed by atoms with van der Waals surface area (Å²) in [5.41, 5.74) is 2.12. The smallest absolute Gasteiger partial charge is 0.259 e. The van der Waals surface area contributed by atoms with Crippen molar-refractivity contribution in [3.05, 3.63) is 70.4 Å². The Bertz CT molecular complexity index is 1010. The first-order valence-electron chi connectivity index (χ1n) is 8.25. The second-order valence-corrected chi connectivity index (χ2v) is 6.45. The number of ether oxygens (including phenoxy) is 1. The number of rotatable bonds is 5. The number of aryl methyl sites for hydroxylation is 1. The van der Waals surface area contributed by atoms with Crippen molar-refractivity contribution in [2.24, 2.45) is 0 Å². The number of nitrogens with one attached hydrogen (secondary N) is 1. The molecule has 0 radical (unpaired) electrons. The van der Waals surface area contributed by atoms with Crippen molar-refractivity contribution < 1.29 is 18.7 Å². The number of anilines is 1. The number of benzene rings is 2. The topological polar surface area (TPSA) is 68.5 Å². The highest BCUT2D eigenvalue weighted by Crippen LogP contribution is 2.29. The molecule has 0 saturated carbocycles. The number of furan rings is 1. The summed E-state index contributed by atoms with van der Waals surface area (Å²) in [4.78, 5) is 24.4. The van der Waals surface area contributed by atoms with Gasteiger partial charge in [0.1, 0.15) is 17.3 Å². The molecule has 1 aromatic heterocycles. The predicted octanol–water partition coefficient (Wildman–Crippen LogP) is 5.37. The summed E-state index contributed by atoms with van der Waals surface area (Å²) in [6.07, 6.45) is 0. The van der Waals surface area contributed by atoms with Crippen LogP contribution in [0.25, 0.3) is 11.3 Å². The highest BCUT2D eigenvalue weighted by atomic mass is 35.5. The number of amides is 1. The largest absolute Gasteiger partial charge is 0.495 e. The summed E-state index contributed by atoms with van der Waals surface area (Å²) in [5, 5.41) is 3.41. The van der Waals surface area contributed by atoms with Crippen molar-refractivity contribution in [1.29, 1.82) is 0 Å². The number of hydrogen-bond donors (Lipinski definition) is 1.